The molecule has 0 radical (unpaired) electrons. The summed E-state index contributed by atoms with van der Waals surface area (Å²) >= 11 is 0. The Kier molecular flexibility index (Phi) is 7.54. The number of nitro benzene ring substituents is 1. The number of carbonyl (C=O) groups is 1. The van der Waals surface area contributed by atoms with Gasteiger partial charge in [-0.2, -0.15) is 5.26 Å². The molecule has 2 N–H and O–H groups in total. The van der Waals surface area contributed by atoms with Crippen LogP contribution >= 0.6 is 0 Å². The van der Waals surface area contributed by atoms with E-state index in [4.69, 9.17) is 0 Å². The quantitative estimate of drug-likeness (QED) is 0.222. The zero-order valence-corrected chi connectivity index (χ0v) is 16.9. The molecule has 2 rings (SSSR count). The van der Waals surface area contributed by atoms with Crippen LogP contribution in [0.4, 0.5) is 11.4 Å². The number of non-ortho nitro benzene ring substituents is 1. The van der Waals surface area contributed by atoms with Gasteiger partial charge in [-0.3, -0.25) is 14.9 Å². The second-order valence-corrected chi connectivity index (χ2v) is 6.63. The first-order valence-electron chi connectivity index (χ1n) is 9.42. The SMILES string of the molecule is CCCn1c(C)cc(/C=C(\C#N)C(=O)NCCNc2ccc([N+](=O)[O-])cc2)c1C. The molecule has 0 fully saturated rings. The van der Waals surface area contributed by atoms with E-state index in [-0.39, 0.29) is 11.3 Å². The van der Waals surface area contributed by atoms with Crippen LogP contribution in [-0.2, 0) is 11.3 Å². The first-order chi connectivity index (χ1) is 13.9. The van der Waals surface area contributed by atoms with Crippen LogP contribution in [-0.4, -0.2) is 28.5 Å². The van der Waals surface area contributed by atoms with Gasteiger partial charge in [-0.1, -0.05) is 6.92 Å². The summed E-state index contributed by atoms with van der Waals surface area (Å²) in [4.78, 5) is 22.5. The van der Waals surface area contributed by atoms with Crippen LogP contribution in [0.2, 0.25) is 0 Å². The number of rotatable bonds is 9. The maximum absolute atomic E-state index is 12.3. The fourth-order valence-electron chi connectivity index (χ4n) is 3.02. The number of carbonyl (C=O) groups excluding carboxylic acids is 1. The van der Waals surface area contributed by atoms with Gasteiger partial charge in [0, 0.05) is 48.8 Å². The van der Waals surface area contributed by atoms with Crippen LogP contribution in [0.25, 0.3) is 6.08 Å². The third-order valence-corrected chi connectivity index (χ3v) is 4.54. The summed E-state index contributed by atoms with van der Waals surface area (Å²) in [5.74, 6) is -0.432. The van der Waals surface area contributed by atoms with Crippen molar-refractivity contribution in [2.75, 3.05) is 18.4 Å². The van der Waals surface area contributed by atoms with Gasteiger partial charge in [0.1, 0.15) is 11.6 Å². The Morgan fingerprint density at radius 2 is 1.97 bits per heavy atom. The van der Waals surface area contributed by atoms with Gasteiger partial charge in [0.25, 0.3) is 11.6 Å². The van der Waals surface area contributed by atoms with E-state index >= 15 is 0 Å². The molecule has 152 valence electrons. The van der Waals surface area contributed by atoms with E-state index in [2.05, 4.69) is 22.1 Å². The number of amides is 1. The molecule has 0 aliphatic rings. The minimum atomic E-state index is -0.459. The smallest absolute Gasteiger partial charge is 0.269 e. The normalized spacial score (nSPS) is 11.0. The standard InChI is InChI=1S/C21H25N5O3/c1-4-11-25-15(2)12-17(16(25)3)13-18(14-22)21(27)24-10-9-23-19-5-7-20(8-6-19)26(28)29/h5-8,12-13,23H,4,9-11H2,1-3H3,(H,24,27)/b18-13+. The number of aromatic nitrogens is 1. The van der Waals surface area contributed by atoms with E-state index in [1.54, 1.807) is 18.2 Å². The van der Waals surface area contributed by atoms with Gasteiger partial charge < -0.3 is 15.2 Å². The Labute approximate surface area is 170 Å². The second kappa shape index (κ2) is 10.1. The highest BCUT2D eigenvalue weighted by molar-refractivity contribution is 6.01. The minimum Gasteiger partial charge on any atom is -0.383 e. The first kappa shape index (κ1) is 21.7. The van der Waals surface area contributed by atoms with Crippen LogP contribution in [0, 0.1) is 35.3 Å². The van der Waals surface area contributed by atoms with Crippen LogP contribution in [0.5, 0.6) is 0 Å². The average Bonchev–Trinajstić information content (AvgIpc) is 2.97. The number of nitrogens with zero attached hydrogens (tertiary/aromatic N) is 3. The van der Waals surface area contributed by atoms with E-state index in [1.807, 2.05) is 26.0 Å². The summed E-state index contributed by atoms with van der Waals surface area (Å²) in [6.07, 6.45) is 2.63. The molecule has 1 heterocycles. The fraction of sp³-hybridized carbons (Fsp3) is 0.333. The minimum absolute atomic E-state index is 0.0194. The van der Waals surface area contributed by atoms with Crippen molar-refractivity contribution >= 4 is 23.4 Å². The van der Waals surface area contributed by atoms with Crippen molar-refractivity contribution in [3.8, 4) is 6.07 Å². The van der Waals surface area contributed by atoms with E-state index in [1.165, 1.54) is 12.1 Å². The van der Waals surface area contributed by atoms with Crippen LogP contribution < -0.4 is 10.6 Å². The van der Waals surface area contributed by atoms with Crippen LogP contribution in [0.15, 0.2) is 35.9 Å². The van der Waals surface area contributed by atoms with Crippen molar-refractivity contribution in [1.82, 2.24) is 9.88 Å². The van der Waals surface area contributed by atoms with Gasteiger partial charge >= 0.3 is 0 Å². The number of aryl methyl sites for hydroxylation is 1. The number of hydrogen-bond acceptors (Lipinski definition) is 5. The van der Waals surface area contributed by atoms with E-state index < -0.39 is 10.8 Å². The number of anilines is 1. The average molecular weight is 395 g/mol. The lowest BCUT2D eigenvalue weighted by Crippen LogP contribution is -2.29. The number of nitriles is 1. The number of nitrogens with one attached hydrogen (secondary N) is 2. The molecule has 0 unspecified atom stereocenters. The van der Waals surface area contributed by atoms with Crippen molar-refractivity contribution in [3.63, 3.8) is 0 Å². The molecule has 1 amide bonds. The molecule has 8 heteroatoms. The summed E-state index contributed by atoms with van der Waals surface area (Å²) in [6.45, 7) is 7.73. The van der Waals surface area contributed by atoms with Crippen molar-refractivity contribution in [2.45, 2.75) is 33.7 Å². The second-order valence-electron chi connectivity index (χ2n) is 6.63. The molecular weight excluding hydrogens is 370 g/mol. The van der Waals surface area contributed by atoms with E-state index in [9.17, 15) is 20.2 Å². The molecule has 0 saturated heterocycles. The topological polar surface area (TPSA) is 113 Å². The lowest BCUT2D eigenvalue weighted by molar-refractivity contribution is -0.384. The Morgan fingerprint density at radius 1 is 1.28 bits per heavy atom. The van der Waals surface area contributed by atoms with Crippen molar-refractivity contribution < 1.29 is 9.72 Å². The van der Waals surface area contributed by atoms with Crippen molar-refractivity contribution in [3.05, 3.63) is 63.0 Å². The molecule has 8 nitrogen and oxygen atoms in total. The van der Waals surface area contributed by atoms with Crippen LogP contribution in [0.1, 0.15) is 30.3 Å². The third-order valence-electron chi connectivity index (χ3n) is 4.54. The summed E-state index contributed by atoms with van der Waals surface area (Å²) in [7, 11) is 0. The predicted octanol–water partition coefficient (Wildman–Crippen LogP) is 3.56. The Balaban J connectivity index is 1.93. The maximum Gasteiger partial charge on any atom is 0.269 e. The highest BCUT2D eigenvalue weighted by Crippen LogP contribution is 2.19. The highest BCUT2D eigenvalue weighted by Gasteiger charge is 2.12. The van der Waals surface area contributed by atoms with Gasteiger partial charge in [0.05, 0.1) is 4.92 Å². The molecular formula is C21H25N5O3. The first-order valence-corrected chi connectivity index (χ1v) is 9.42. The number of nitro groups is 1. The third kappa shape index (κ3) is 5.69. The zero-order chi connectivity index (χ0) is 21.4. The monoisotopic (exact) mass is 395 g/mol. The van der Waals surface area contributed by atoms with E-state index in [0.717, 1.165) is 29.9 Å². The number of benzene rings is 1. The number of hydrogen-bond donors (Lipinski definition) is 2. The molecule has 0 atom stereocenters. The molecule has 1 aromatic heterocycles. The van der Waals surface area contributed by atoms with Gasteiger partial charge in [0.15, 0.2) is 0 Å². The van der Waals surface area contributed by atoms with E-state index in [0.29, 0.717) is 18.8 Å². The molecule has 0 bridgehead atoms. The summed E-state index contributed by atoms with van der Waals surface area (Å²) in [6, 6.07) is 9.97. The summed E-state index contributed by atoms with van der Waals surface area (Å²) in [5, 5.41) is 25.8. The van der Waals surface area contributed by atoms with Gasteiger partial charge in [0.2, 0.25) is 0 Å². The largest absolute Gasteiger partial charge is 0.383 e. The lowest BCUT2D eigenvalue weighted by Gasteiger charge is -2.08. The Bertz CT molecular complexity index is 952. The molecule has 2 aromatic rings. The summed E-state index contributed by atoms with van der Waals surface area (Å²) in [5.41, 5.74) is 3.78. The zero-order valence-electron chi connectivity index (χ0n) is 16.9. The van der Waals surface area contributed by atoms with Crippen LogP contribution in [0.3, 0.4) is 0 Å². The van der Waals surface area contributed by atoms with Gasteiger partial charge in [-0.05, 0) is 50.1 Å². The highest BCUT2D eigenvalue weighted by atomic mass is 16.6. The van der Waals surface area contributed by atoms with Gasteiger partial charge in [-0.25, -0.2) is 0 Å². The molecule has 0 spiro atoms. The molecule has 0 aliphatic heterocycles. The maximum atomic E-state index is 12.3. The Hall–Kier alpha value is -3.60. The Morgan fingerprint density at radius 3 is 2.55 bits per heavy atom. The molecule has 0 saturated carbocycles. The predicted molar refractivity (Wildman–Crippen MR) is 112 cm³/mol. The molecule has 29 heavy (non-hydrogen) atoms. The molecule has 1 aromatic carbocycles. The fourth-order valence-corrected chi connectivity index (χ4v) is 3.02. The van der Waals surface area contributed by atoms with Gasteiger partial charge in [-0.15, -0.1) is 0 Å². The molecule has 0 aliphatic carbocycles. The van der Waals surface area contributed by atoms with Crippen molar-refractivity contribution in [2.24, 2.45) is 0 Å². The lowest BCUT2D eigenvalue weighted by atomic mass is 10.1. The van der Waals surface area contributed by atoms with Crippen molar-refractivity contribution in [1.29, 1.82) is 5.26 Å². The summed E-state index contributed by atoms with van der Waals surface area (Å²) < 4.78 is 2.17.